The monoisotopic (exact) mass is 349 g/mol. The number of rotatable bonds is 6. The van der Waals surface area contributed by atoms with Crippen molar-refractivity contribution < 1.29 is 14.6 Å². The van der Waals surface area contributed by atoms with E-state index in [4.69, 9.17) is 9.84 Å². The second-order valence-corrected chi connectivity index (χ2v) is 5.45. The largest absolute Gasteiger partial charge is 0.478 e. The van der Waals surface area contributed by atoms with E-state index in [1.807, 2.05) is 24.3 Å². The molecule has 21 heavy (non-hydrogen) atoms. The summed E-state index contributed by atoms with van der Waals surface area (Å²) in [7, 11) is 1.67. The summed E-state index contributed by atoms with van der Waals surface area (Å²) < 4.78 is 5.89. The van der Waals surface area contributed by atoms with Crippen molar-refractivity contribution in [3.63, 3.8) is 0 Å². The van der Waals surface area contributed by atoms with Crippen molar-refractivity contribution in [1.82, 2.24) is 0 Å². The molecule has 5 heteroatoms. The van der Waals surface area contributed by atoms with Gasteiger partial charge in [0.05, 0.1) is 12.2 Å². The first kappa shape index (κ1) is 15.5. The Morgan fingerprint density at radius 1 is 1.29 bits per heavy atom. The van der Waals surface area contributed by atoms with Gasteiger partial charge >= 0.3 is 5.97 Å². The summed E-state index contributed by atoms with van der Waals surface area (Å²) in [5.74, 6) is -0.928. The molecule has 0 fully saturated rings. The fraction of sp³-hybridized carbons (Fsp3) is 0.188. The summed E-state index contributed by atoms with van der Waals surface area (Å²) in [5.41, 5.74) is 3.37. The minimum atomic E-state index is -0.928. The van der Waals surface area contributed by atoms with E-state index in [9.17, 15) is 4.79 Å². The van der Waals surface area contributed by atoms with Gasteiger partial charge in [-0.2, -0.15) is 0 Å². The maximum absolute atomic E-state index is 10.9. The van der Waals surface area contributed by atoms with E-state index in [2.05, 4.69) is 21.2 Å². The third kappa shape index (κ3) is 4.31. The van der Waals surface area contributed by atoms with Crippen molar-refractivity contribution in [2.75, 3.05) is 12.4 Å². The number of nitrogens with one attached hydrogen (secondary N) is 1. The van der Waals surface area contributed by atoms with Crippen molar-refractivity contribution in [2.45, 2.75) is 13.2 Å². The Kier molecular flexibility index (Phi) is 5.36. The van der Waals surface area contributed by atoms with Crippen LogP contribution in [0.15, 0.2) is 46.9 Å². The second kappa shape index (κ2) is 7.24. The predicted octanol–water partition coefficient (Wildman–Crippen LogP) is 3.91. The van der Waals surface area contributed by atoms with Crippen molar-refractivity contribution >= 4 is 27.6 Å². The predicted molar refractivity (Wildman–Crippen MR) is 85.6 cm³/mol. The van der Waals surface area contributed by atoms with Gasteiger partial charge < -0.3 is 15.2 Å². The maximum Gasteiger partial charge on any atom is 0.335 e. The topological polar surface area (TPSA) is 58.6 Å². The third-order valence-corrected chi connectivity index (χ3v) is 3.76. The number of ether oxygens (including phenoxy) is 1. The highest BCUT2D eigenvalue weighted by Crippen LogP contribution is 2.20. The molecule has 0 amide bonds. The Morgan fingerprint density at radius 3 is 2.76 bits per heavy atom. The fourth-order valence-electron chi connectivity index (χ4n) is 1.96. The van der Waals surface area contributed by atoms with E-state index in [1.165, 1.54) is 0 Å². The number of benzene rings is 2. The van der Waals surface area contributed by atoms with Crippen LogP contribution < -0.4 is 5.32 Å². The molecule has 0 aliphatic carbocycles. The number of halogens is 1. The summed E-state index contributed by atoms with van der Waals surface area (Å²) in [6, 6.07) is 13.0. The van der Waals surface area contributed by atoms with Gasteiger partial charge in [0, 0.05) is 23.8 Å². The minimum absolute atomic E-state index is 0.271. The highest BCUT2D eigenvalue weighted by Gasteiger charge is 2.06. The average molecular weight is 350 g/mol. The molecule has 0 heterocycles. The standard InChI is InChI=1S/C16H16BrNO3/c1-21-10-11-3-2-4-14(7-11)18-9-13-6-5-12(16(19)20)8-15(13)17/h2-8,18H,9-10H2,1H3,(H,19,20). The van der Waals surface area contributed by atoms with Crippen LogP contribution in [0.5, 0.6) is 0 Å². The molecule has 2 N–H and O–H groups in total. The number of aromatic carboxylic acids is 1. The molecular weight excluding hydrogens is 334 g/mol. The number of carboxylic acid groups (broad SMARTS) is 1. The van der Waals surface area contributed by atoms with Gasteiger partial charge in [-0.3, -0.25) is 0 Å². The highest BCUT2D eigenvalue weighted by atomic mass is 79.9. The Labute approximate surface area is 131 Å². The number of hydrogen-bond donors (Lipinski definition) is 2. The van der Waals surface area contributed by atoms with Gasteiger partial charge in [-0.15, -0.1) is 0 Å². The quantitative estimate of drug-likeness (QED) is 0.830. The summed E-state index contributed by atoms with van der Waals surface area (Å²) >= 11 is 3.40. The Balaban J connectivity index is 2.06. The van der Waals surface area contributed by atoms with E-state index in [0.29, 0.717) is 13.2 Å². The van der Waals surface area contributed by atoms with Crippen LogP contribution in [0.4, 0.5) is 5.69 Å². The first-order chi connectivity index (χ1) is 10.1. The molecule has 0 aromatic heterocycles. The van der Waals surface area contributed by atoms with Crippen LogP contribution in [0.3, 0.4) is 0 Å². The summed E-state index contributed by atoms with van der Waals surface area (Å²) in [6.07, 6.45) is 0. The van der Waals surface area contributed by atoms with E-state index < -0.39 is 5.97 Å². The van der Waals surface area contributed by atoms with E-state index in [-0.39, 0.29) is 5.56 Å². The normalized spacial score (nSPS) is 10.4. The van der Waals surface area contributed by atoms with Crippen LogP contribution >= 0.6 is 15.9 Å². The van der Waals surface area contributed by atoms with Gasteiger partial charge in [-0.05, 0) is 35.4 Å². The molecule has 0 unspecified atom stereocenters. The Morgan fingerprint density at radius 2 is 2.10 bits per heavy atom. The number of anilines is 1. The molecule has 0 spiro atoms. The molecule has 0 bridgehead atoms. The number of methoxy groups -OCH3 is 1. The molecule has 4 nitrogen and oxygen atoms in total. The molecule has 0 radical (unpaired) electrons. The van der Waals surface area contributed by atoms with Crippen LogP contribution in [0.2, 0.25) is 0 Å². The SMILES string of the molecule is COCc1cccc(NCc2ccc(C(=O)O)cc2Br)c1. The summed E-state index contributed by atoms with van der Waals surface area (Å²) in [6.45, 7) is 1.18. The molecule has 2 aromatic rings. The van der Waals surface area contributed by atoms with Gasteiger partial charge in [-0.1, -0.05) is 34.1 Å². The van der Waals surface area contributed by atoms with Crippen LogP contribution in [-0.2, 0) is 17.9 Å². The van der Waals surface area contributed by atoms with Crippen LogP contribution in [0, 0.1) is 0 Å². The van der Waals surface area contributed by atoms with Crippen LogP contribution in [0.1, 0.15) is 21.5 Å². The lowest BCUT2D eigenvalue weighted by molar-refractivity contribution is 0.0697. The van der Waals surface area contributed by atoms with Crippen molar-refractivity contribution in [3.8, 4) is 0 Å². The number of carboxylic acids is 1. The molecular formula is C16H16BrNO3. The van der Waals surface area contributed by atoms with E-state index in [0.717, 1.165) is 21.3 Å². The summed E-state index contributed by atoms with van der Waals surface area (Å²) in [4.78, 5) is 10.9. The molecule has 0 saturated carbocycles. The van der Waals surface area contributed by atoms with E-state index in [1.54, 1.807) is 25.3 Å². The van der Waals surface area contributed by atoms with Gasteiger partial charge in [0.2, 0.25) is 0 Å². The van der Waals surface area contributed by atoms with Crippen LogP contribution in [-0.4, -0.2) is 18.2 Å². The van der Waals surface area contributed by atoms with Crippen LogP contribution in [0.25, 0.3) is 0 Å². The van der Waals surface area contributed by atoms with Crippen molar-refractivity contribution in [3.05, 3.63) is 63.6 Å². The third-order valence-electron chi connectivity index (χ3n) is 3.02. The first-order valence-electron chi connectivity index (χ1n) is 6.43. The molecule has 2 rings (SSSR count). The van der Waals surface area contributed by atoms with Crippen molar-refractivity contribution in [2.24, 2.45) is 0 Å². The first-order valence-corrected chi connectivity index (χ1v) is 7.23. The molecule has 0 aliphatic rings. The zero-order valence-corrected chi connectivity index (χ0v) is 13.2. The van der Waals surface area contributed by atoms with Gasteiger partial charge in [0.15, 0.2) is 0 Å². The van der Waals surface area contributed by atoms with Gasteiger partial charge in [-0.25, -0.2) is 4.79 Å². The molecule has 110 valence electrons. The molecule has 2 aromatic carbocycles. The minimum Gasteiger partial charge on any atom is -0.478 e. The fourth-order valence-corrected chi connectivity index (χ4v) is 2.48. The van der Waals surface area contributed by atoms with Crippen molar-refractivity contribution in [1.29, 1.82) is 0 Å². The lowest BCUT2D eigenvalue weighted by Gasteiger charge is -2.10. The molecule has 0 saturated heterocycles. The maximum atomic E-state index is 10.9. The Bertz CT molecular complexity index is 643. The number of hydrogen-bond acceptors (Lipinski definition) is 3. The number of carbonyl (C=O) groups is 1. The summed E-state index contributed by atoms with van der Waals surface area (Å²) in [5, 5.41) is 12.3. The molecule has 0 aliphatic heterocycles. The lowest BCUT2D eigenvalue weighted by atomic mass is 10.1. The Hall–Kier alpha value is -1.85. The zero-order chi connectivity index (χ0) is 15.2. The van der Waals surface area contributed by atoms with E-state index >= 15 is 0 Å². The lowest BCUT2D eigenvalue weighted by Crippen LogP contribution is -2.03. The highest BCUT2D eigenvalue weighted by molar-refractivity contribution is 9.10. The second-order valence-electron chi connectivity index (χ2n) is 4.60. The average Bonchev–Trinajstić information content (AvgIpc) is 2.46. The molecule has 0 atom stereocenters. The zero-order valence-electron chi connectivity index (χ0n) is 11.6. The smallest absolute Gasteiger partial charge is 0.335 e. The van der Waals surface area contributed by atoms with Gasteiger partial charge in [0.25, 0.3) is 0 Å². The van der Waals surface area contributed by atoms with Gasteiger partial charge in [0.1, 0.15) is 0 Å².